The van der Waals surface area contributed by atoms with E-state index in [2.05, 4.69) is 10.6 Å². The molecule has 1 unspecified atom stereocenters. The zero-order valence-corrected chi connectivity index (χ0v) is 21.2. The monoisotopic (exact) mass is 515 g/mol. The van der Waals surface area contributed by atoms with Crippen LogP contribution in [0.25, 0.3) is 0 Å². The number of nitrogens with one attached hydrogen (secondary N) is 2. The van der Waals surface area contributed by atoms with Crippen molar-refractivity contribution >= 4 is 23.1 Å². The SMILES string of the molecule is COCCCNC(=O)CN1c2ccccc2NC2=C(C(=O)CC(C)(C)C2)C1c1ccc(C(F)(F)F)cc1. The van der Waals surface area contributed by atoms with Crippen LogP contribution >= 0.6 is 0 Å². The molecule has 0 aromatic heterocycles. The van der Waals surface area contributed by atoms with E-state index in [9.17, 15) is 22.8 Å². The Balaban J connectivity index is 1.82. The molecule has 0 radical (unpaired) electrons. The second kappa shape index (κ2) is 10.6. The minimum atomic E-state index is -4.48. The van der Waals surface area contributed by atoms with E-state index in [0.29, 0.717) is 49.2 Å². The van der Waals surface area contributed by atoms with Gasteiger partial charge in [-0.15, -0.1) is 0 Å². The number of fused-ring (bicyclic) bond motifs is 1. The fraction of sp³-hybridized carbons (Fsp3) is 0.429. The van der Waals surface area contributed by atoms with Crippen LogP contribution in [0.2, 0.25) is 0 Å². The van der Waals surface area contributed by atoms with Crippen molar-refractivity contribution in [1.29, 1.82) is 0 Å². The number of nitrogens with zero attached hydrogens (tertiary/aromatic N) is 1. The summed E-state index contributed by atoms with van der Waals surface area (Å²) in [5.41, 5.74) is 2.12. The number of rotatable bonds is 7. The van der Waals surface area contributed by atoms with Crippen LogP contribution < -0.4 is 15.5 Å². The molecule has 0 saturated carbocycles. The molecule has 9 heteroatoms. The van der Waals surface area contributed by atoms with E-state index in [-0.39, 0.29) is 23.7 Å². The van der Waals surface area contributed by atoms with Gasteiger partial charge in [-0.3, -0.25) is 9.59 Å². The molecular weight excluding hydrogens is 483 g/mol. The third-order valence-corrected chi connectivity index (χ3v) is 6.72. The van der Waals surface area contributed by atoms with E-state index >= 15 is 0 Å². The average Bonchev–Trinajstić information content (AvgIpc) is 2.95. The number of anilines is 2. The Bertz CT molecular complexity index is 1190. The van der Waals surface area contributed by atoms with Gasteiger partial charge in [-0.1, -0.05) is 38.1 Å². The molecule has 1 atom stereocenters. The highest BCUT2D eigenvalue weighted by Crippen LogP contribution is 2.48. The Morgan fingerprint density at radius 2 is 1.84 bits per heavy atom. The summed E-state index contributed by atoms with van der Waals surface area (Å²) in [5, 5.41) is 6.32. The van der Waals surface area contributed by atoms with Crippen molar-refractivity contribution in [1.82, 2.24) is 5.32 Å². The van der Waals surface area contributed by atoms with Gasteiger partial charge in [-0.05, 0) is 48.1 Å². The molecular formula is C28H32F3N3O3. The molecule has 2 aromatic carbocycles. The standard InChI is InChI=1S/C28H32F3N3O3/c1-27(2)15-21-25(23(35)16-27)26(18-9-11-19(12-10-18)28(29,30)31)34(17-24(36)32-13-6-14-37-3)22-8-5-4-7-20(22)33-21/h4-5,7-12,26,33H,6,13-17H2,1-3H3,(H,32,36). The van der Waals surface area contributed by atoms with Crippen LogP contribution in [-0.2, 0) is 20.5 Å². The first-order valence-corrected chi connectivity index (χ1v) is 12.3. The van der Waals surface area contributed by atoms with E-state index in [0.717, 1.165) is 23.5 Å². The Hall–Kier alpha value is -3.33. The van der Waals surface area contributed by atoms with E-state index in [1.54, 1.807) is 7.11 Å². The van der Waals surface area contributed by atoms with Gasteiger partial charge in [0, 0.05) is 38.0 Å². The second-order valence-corrected chi connectivity index (χ2v) is 10.3. The molecule has 4 rings (SSSR count). The highest BCUT2D eigenvalue weighted by molar-refractivity contribution is 6.01. The minimum absolute atomic E-state index is 0.0786. The summed E-state index contributed by atoms with van der Waals surface area (Å²) in [7, 11) is 1.59. The number of ketones is 1. The summed E-state index contributed by atoms with van der Waals surface area (Å²) in [4.78, 5) is 28.5. The number of carbonyl (C=O) groups excluding carboxylic acids is 2. The number of halogens is 3. The molecule has 37 heavy (non-hydrogen) atoms. The van der Waals surface area contributed by atoms with Gasteiger partial charge in [0.1, 0.15) is 0 Å². The van der Waals surface area contributed by atoms with Crippen LogP contribution in [-0.4, -0.2) is 38.5 Å². The second-order valence-electron chi connectivity index (χ2n) is 10.3. The van der Waals surface area contributed by atoms with Crippen molar-refractivity contribution in [2.24, 2.45) is 5.41 Å². The van der Waals surface area contributed by atoms with Gasteiger partial charge in [-0.25, -0.2) is 0 Å². The lowest BCUT2D eigenvalue weighted by Gasteiger charge is -2.38. The molecule has 6 nitrogen and oxygen atoms in total. The summed E-state index contributed by atoms with van der Waals surface area (Å²) < 4.78 is 45.0. The zero-order valence-electron chi connectivity index (χ0n) is 21.2. The van der Waals surface area contributed by atoms with Gasteiger partial charge in [-0.2, -0.15) is 13.2 Å². The van der Waals surface area contributed by atoms with E-state index in [1.807, 2.05) is 43.0 Å². The first kappa shape index (κ1) is 26.7. The molecule has 1 aliphatic heterocycles. The molecule has 0 saturated heterocycles. The highest BCUT2D eigenvalue weighted by Gasteiger charge is 2.42. The number of amides is 1. The maximum atomic E-state index is 13.6. The lowest BCUT2D eigenvalue weighted by molar-refractivity contribution is -0.137. The molecule has 198 valence electrons. The zero-order chi connectivity index (χ0) is 26.8. The summed E-state index contributed by atoms with van der Waals surface area (Å²) in [6.45, 7) is 4.89. The van der Waals surface area contributed by atoms with Crippen molar-refractivity contribution in [3.63, 3.8) is 0 Å². The number of ether oxygens (including phenoxy) is 1. The topological polar surface area (TPSA) is 70.7 Å². The van der Waals surface area contributed by atoms with E-state index < -0.39 is 17.8 Å². The third kappa shape index (κ3) is 5.98. The Morgan fingerprint density at radius 1 is 1.14 bits per heavy atom. The fourth-order valence-electron chi connectivity index (χ4n) is 5.08. The van der Waals surface area contributed by atoms with Crippen molar-refractivity contribution in [3.8, 4) is 0 Å². The Labute approximate surface area is 214 Å². The third-order valence-electron chi connectivity index (χ3n) is 6.72. The molecule has 0 bridgehead atoms. The maximum absolute atomic E-state index is 13.6. The quantitative estimate of drug-likeness (QED) is 0.479. The van der Waals surface area contributed by atoms with Gasteiger partial charge in [0.05, 0.1) is 29.5 Å². The smallest absolute Gasteiger partial charge is 0.385 e. The lowest BCUT2D eigenvalue weighted by Crippen LogP contribution is -2.42. The minimum Gasteiger partial charge on any atom is -0.385 e. The van der Waals surface area contributed by atoms with Crippen LogP contribution in [0.4, 0.5) is 24.5 Å². The number of allylic oxidation sites excluding steroid dienone is 1. The van der Waals surface area contributed by atoms with Crippen LogP contribution in [0.5, 0.6) is 0 Å². The molecule has 2 aromatic rings. The van der Waals surface area contributed by atoms with Gasteiger partial charge in [0.2, 0.25) is 5.91 Å². The van der Waals surface area contributed by atoms with Gasteiger partial charge in [0.15, 0.2) is 5.78 Å². The molecule has 1 aliphatic carbocycles. The molecule has 1 amide bonds. The first-order chi connectivity index (χ1) is 17.5. The lowest BCUT2D eigenvalue weighted by atomic mass is 9.73. The molecule has 2 aliphatic rings. The summed E-state index contributed by atoms with van der Waals surface area (Å²) in [5.74, 6) is -0.336. The largest absolute Gasteiger partial charge is 0.416 e. The molecule has 2 N–H and O–H groups in total. The average molecular weight is 516 g/mol. The van der Waals surface area contributed by atoms with Crippen LogP contribution in [0.15, 0.2) is 59.8 Å². The number of para-hydroxylation sites is 2. The summed E-state index contributed by atoms with van der Waals surface area (Å²) in [6.07, 6.45) is -2.94. The van der Waals surface area contributed by atoms with E-state index in [4.69, 9.17) is 4.74 Å². The predicted octanol–water partition coefficient (Wildman–Crippen LogP) is 5.47. The Morgan fingerprint density at radius 3 is 2.51 bits per heavy atom. The van der Waals surface area contributed by atoms with Gasteiger partial charge in [0.25, 0.3) is 0 Å². The Kier molecular flexibility index (Phi) is 7.64. The van der Waals surface area contributed by atoms with Gasteiger partial charge < -0.3 is 20.3 Å². The van der Waals surface area contributed by atoms with Crippen molar-refractivity contribution in [2.75, 3.05) is 37.0 Å². The van der Waals surface area contributed by atoms with Crippen LogP contribution in [0.1, 0.15) is 50.3 Å². The van der Waals surface area contributed by atoms with Gasteiger partial charge >= 0.3 is 6.18 Å². The number of carbonyl (C=O) groups is 2. The predicted molar refractivity (Wildman–Crippen MR) is 136 cm³/mol. The van der Waals surface area contributed by atoms with Crippen LogP contribution in [0, 0.1) is 5.41 Å². The number of hydrogen-bond donors (Lipinski definition) is 2. The number of Topliss-reactive ketones (excluding diaryl/α,β-unsaturated/α-hetero) is 1. The van der Waals surface area contributed by atoms with Crippen LogP contribution in [0.3, 0.4) is 0 Å². The van der Waals surface area contributed by atoms with E-state index in [1.165, 1.54) is 12.1 Å². The molecule has 1 heterocycles. The number of alkyl halides is 3. The molecule has 0 spiro atoms. The van der Waals surface area contributed by atoms with Crippen molar-refractivity contribution in [2.45, 2.75) is 45.3 Å². The normalized spacial score (nSPS) is 19.0. The van der Waals surface area contributed by atoms with Crippen molar-refractivity contribution < 1.29 is 27.5 Å². The van der Waals surface area contributed by atoms with Crippen molar-refractivity contribution in [3.05, 3.63) is 70.9 Å². The first-order valence-electron chi connectivity index (χ1n) is 12.3. The summed E-state index contributed by atoms with van der Waals surface area (Å²) >= 11 is 0. The number of methoxy groups -OCH3 is 1. The maximum Gasteiger partial charge on any atom is 0.416 e. The number of benzene rings is 2. The highest BCUT2D eigenvalue weighted by atomic mass is 19.4. The molecule has 0 fully saturated rings. The fourth-order valence-corrected chi connectivity index (χ4v) is 5.08. The number of hydrogen-bond acceptors (Lipinski definition) is 5. The summed E-state index contributed by atoms with van der Waals surface area (Å²) in [6, 6.07) is 11.6.